The summed E-state index contributed by atoms with van der Waals surface area (Å²) in [5.41, 5.74) is -1.60. The van der Waals surface area contributed by atoms with Crippen LogP contribution in [0, 0.1) is 5.41 Å². The van der Waals surface area contributed by atoms with Crippen LogP contribution in [0.15, 0.2) is 48.3 Å². The molecule has 0 radical (unpaired) electrons. The third-order valence-corrected chi connectivity index (χ3v) is 4.47. The largest absolute Gasteiger partial charge is 0.316 e. The van der Waals surface area contributed by atoms with E-state index in [1.165, 1.54) is 0 Å². The fourth-order valence-corrected chi connectivity index (χ4v) is 3.25. The molecule has 5 heteroatoms. The number of allylic oxidation sites excluding steroid dienone is 4. The molecule has 114 valence electrons. The van der Waals surface area contributed by atoms with Gasteiger partial charge in [0.2, 0.25) is 0 Å². The minimum Gasteiger partial charge on any atom is -0.242 e. The van der Waals surface area contributed by atoms with E-state index in [9.17, 15) is 17.6 Å². The Hall–Kier alpha value is -1.10. The van der Waals surface area contributed by atoms with Crippen molar-refractivity contribution >= 4 is 21.5 Å². The summed E-state index contributed by atoms with van der Waals surface area (Å²) >= 11 is 2.17. The molecule has 1 aromatic carbocycles. The van der Waals surface area contributed by atoms with Gasteiger partial charge in [0.15, 0.2) is 0 Å². The van der Waals surface area contributed by atoms with Crippen LogP contribution in [0.25, 0.3) is 5.57 Å². The fraction of sp³-hybridized carbons (Fsp3) is 0.375. The lowest BCUT2D eigenvalue weighted by Gasteiger charge is -2.39. The van der Waals surface area contributed by atoms with Gasteiger partial charge < -0.3 is 0 Å². The molecule has 2 unspecified atom stereocenters. The molecule has 0 aromatic heterocycles. The molecule has 0 N–H and O–H groups in total. The van der Waals surface area contributed by atoms with Crippen molar-refractivity contribution in [3.05, 3.63) is 53.9 Å². The fourth-order valence-electron chi connectivity index (χ4n) is 2.64. The summed E-state index contributed by atoms with van der Waals surface area (Å²) in [5, 5.41) is 0. The van der Waals surface area contributed by atoms with Gasteiger partial charge in [-0.3, -0.25) is 0 Å². The van der Waals surface area contributed by atoms with Gasteiger partial charge in [-0.05, 0) is 45.6 Å². The molecule has 2 atom stereocenters. The Kier molecular flexibility index (Phi) is 4.61. The molecule has 0 saturated carbocycles. The number of benzene rings is 1. The van der Waals surface area contributed by atoms with Gasteiger partial charge in [-0.25, -0.2) is 8.78 Å². The second-order valence-corrected chi connectivity index (χ2v) is 6.10. The maximum Gasteiger partial charge on any atom is 0.316 e. The van der Waals surface area contributed by atoms with E-state index in [0.717, 1.165) is 12.2 Å². The van der Waals surface area contributed by atoms with Crippen LogP contribution in [0.3, 0.4) is 0 Å². The van der Waals surface area contributed by atoms with E-state index in [1.54, 1.807) is 37.3 Å². The Morgan fingerprint density at radius 3 is 2.33 bits per heavy atom. The lowest BCUT2D eigenvalue weighted by molar-refractivity contribution is -0.0623. The minimum atomic E-state index is -3.66. The van der Waals surface area contributed by atoms with E-state index in [4.69, 9.17) is 0 Å². The maximum atomic E-state index is 14.5. The van der Waals surface area contributed by atoms with Crippen LogP contribution in [-0.4, -0.2) is 11.0 Å². The summed E-state index contributed by atoms with van der Waals surface area (Å²) in [6.07, 6.45) is -0.0588. The van der Waals surface area contributed by atoms with Gasteiger partial charge in [0.05, 0.1) is 0 Å². The molecule has 1 aromatic rings. The number of hydrogen-bond acceptors (Lipinski definition) is 0. The highest BCUT2D eigenvalue weighted by molar-refractivity contribution is 9.10. The van der Waals surface area contributed by atoms with Crippen LogP contribution in [-0.2, 0) is 0 Å². The lowest BCUT2D eigenvalue weighted by Crippen LogP contribution is -2.46. The molecular weight excluding hydrogens is 348 g/mol. The molecule has 0 spiro atoms. The van der Waals surface area contributed by atoms with Gasteiger partial charge in [-0.1, -0.05) is 43.7 Å². The Balaban J connectivity index is 2.48. The maximum absolute atomic E-state index is 14.5. The lowest BCUT2D eigenvalue weighted by atomic mass is 9.73. The monoisotopic (exact) mass is 362 g/mol. The average Bonchev–Trinajstić information content (AvgIpc) is 2.42. The van der Waals surface area contributed by atoms with Gasteiger partial charge in [0.25, 0.3) is 0 Å². The second kappa shape index (κ2) is 5.95. The van der Waals surface area contributed by atoms with Crippen molar-refractivity contribution in [2.24, 2.45) is 5.41 Å². The van der Waals surface area contributed by atoms with Gasteiger partial charge in [0, 0.05) is 0 Å². The number of halogens is 5. The van der Waals surface area contributed by atoms with Crippen LogP contribution in [0.4, 0.5) is 17.6 Å². The number of rotatable bonds is 4. The van der Waals surface area contributed by atoms with E-state index in [0.29, 0.717) is 5.56 Å². The Morgan fingerprint density at radius 2 is 1.86 bits per heavy atom. The van der Waals surface area contributed by atoms with Crippen LogP contribution < -0.4 is 0 Å². The van der Waals surface area contributed by atoms with Crippen LogP contribution in [0.2, 0.25) is 0 Å². The van der Waals surface area contributed by atoms with Gasteiger partial charge in [0.1, 0.15) is 17.4 Å². The molecule has 0 aliphatic heterocycles. The highest BCUT2D eigenvalue weighted by Gasteiger charge is 2.60. The average molecular weight is 363 g/mol. The molecule has 0 amide bonds. The first-order chi connectivity index (χ1) is 9.83. The van der Waals surface area contributed by atoms with Crippen molar-refractivity contribution < 1.29 is 17.6 Å². The number of alkyl halides is 4. The summed E-state index contributed by atoms with van der Waals surface area (Å²) in [6.45, 7) is 1.62. The molecule has 1 aliphatic carbocycles. The van der Waals surface area contributed by atoms with Gasteiger partial charge in [-0.2, -0.15) is 8.78 Å². The summed E-state index contributed by atoms with van der Waals surface area (Å²) in [7, 11) is 0. The molecule has 1 aliphatic rings. The predicted molar refractivity (Wildman–Crippen MR) is 79.7 cm³/mol. The van der Waals surface area contributed by atoms with Crippen LogP contribution in [0.5, 0.6) is 0 Å². The standard InChI is InChI=1S/C16H15BrF4/c1-2-8-15(16(17,20)21)13(18)9-12(10-14(15)19)11-6-4-3-5-7-11/h3-7,9-10,13H,2,8H2,1H3. The van der Waals surface area contributed by atoms with E-state index in [-0.39, 0.29) is 18.4 Å². The Bertz CT molecular complexity index is 559. The van der Waals surface area contributed by atoms with Crippen molar-refractivity contribution in [2.45, 2.75) is 30.8 Å². The first kappa shape index (κ1) is 16.3. The molecule has 0 bridgehead atoms. The van der Waals surface area contributed by atoms with Crippen molar-refractivity contribution in [2.75, 3.05) is 0 Å². The molecule has 21 heavy (non-hydrogen) atoms. The molecule has 2 rings (SSSR count). The topological polar surface area (TPSA) is 0 Å². The molecule has 0 nitrogen and oxygen atoms in total. The second-order valence-electron chi connectivity index (χ2n) is 5.10. The molecular formula is C16H15BrF4. The summed E-state index contributed by atoms with van der Waals surface area (Å²) in [4.78, 5) is -3.66. The third kappa shape index (κ3) is 2.80. The molecule has 0 fully saturated rings. The zero-order valence-electron chi connectivity index (χ0n) is 11.4. The highest BCUT2D eigenvalue weighted by atomic mass is 79.9. The highest BCUT2D eigenvalue weighted by Crippen LogP contribution is 2.56. The molecule has 0 saturated heterocycles. The normalized spacial score (nSPS) is 26.3. The number of hydrogen-bond donors (Lipinski definition) is 0. The van der Waals surface area contributed by atoms with Crippen molar-refractivity contribution in [3.63, 3.8) is 0 Å². The smallest absolute Gasteiger partial charge is 0.242 e. The quantitative estimate of drug-likeness (QED) is 0.451. The zero-order chi connectivity index (χ0) is 15.7. The SMILES string of the molecule is CCCC1(C(F)(F)Br)C(F)=CC(c2ccccc2)=CC1F. The van der Waals surface area contributed by atoms with E-state index < -0.39 is 22.2 Å². The first-order valence-electron chi connectivity index (χ1n) is 6.68. The summed E-state index contributed by atoms with van der Waals surface area (Å²) in [5.74, 6) is -1.12. The van der Waals surface area contributed by atoms with Crippen LogP contribution >= 0.6 is 15.9 Å². The first-order valence-corrected chi connectivity index (χ1v) is 7.48. The van der Waals surface area contributed by atoms with Gasteiger partial charge >= 0.3 is 4.83 Å². The summed E-state index contributed by atoms with van der Waals surface area (Å²) in [6, 6.07) is 8.58. The van der Waals surface area contributed by atoms with Crippen molar-refractivity contribution in [1.82, 2.24) is 0 Å². The van der Waals surface area contributed by atoms with Gasteiger partial charge in [-0.15, -0.1) is 0 Å². The van der Waals surface area contributed by atoms with E-state index >= 15 is 0 Å². The minimum absolute atomic E-state index is 0.247. The third-order valence-electron chi connectivity index (χ3n) is 3.76. The molecule has 0 heterocycles. The zero-order valence-corrected chi connectivity index (χ0v) is 13.0. The van der Waals surface area contributed by atoms with Crippen molar-refractivity contribution in [3.8, 4) is 0 Å². The predicted octanol–water partition coefficient (Wildman–Crippen LogP) is 6.05. The van der Waals surface area contributed by atoms with Crippen molar-refractivity contribution in [1.29, 1.82) is 0 Å². The Morgan fingerprint density at radius 1 is 1.24 bits per heavy atom. The van der Waals surface area contributed by atoms with E-state index in [1.807, 2.05) is 0 Å². The Labute approximate surface area is 129 Å². The van der Waals surface area contributed by atoms with E-state index in [2.05, 4.69) is 15.9 Å². The summed E-state index contributed by atoms with van der Waals surface area (Å²) < 4.78 is 56.6. The van der Waals surface area contributed by atoms with Crippen LogP contribution in [0.1, 0.15) is 25.3 Å².